The molecule has 0 spiro atoms. The van der Waals surface area contributed by atoms with E-state index in [1.54, 1.807) is 0 Å². The van der Waals surface area contributed by atoms with Gasteiger partial charge >= 0.3 is 0 Å². The van der Waals surface area contributed by atoms with Gasteiger partial charge in [-0.2, -0.15) is 0 Å². The topological polar surface area (TPSA) is 24.7 Å². The number of fused-ring (bicyclic) bond motifs is 1. The summed E-state index contributed by atoms with van der Waals surface area (Å²) in [5, 5.41) is 0. The van der Waals surface area contributed by atoms with Gasteiger partial charge in [0.15, 0.2) is 0 Å². The van der Waals surface area contributed by atoms with Crippen molar-refractivity contribution in [3.8, 4) is 0 Å². The highest BCUT2D eigenvalue weighted by Gasteiger charge is 2.17. The molecule has 2 aliphatic rings. The second kappa shape index (κ2) is 3.29. The summed E-state index contributed by atoms with van der Waals surface area (Å²) >= 11 is 0. The molecular formula is C11H14N2. The van der Waals surface area contributed by atoms with E-state index < -0.39 is 0 Å². The lowest BCUT2D eigenvalue weighted by molar-refractivity contribution is 0.761. The minimum atomic E-state index is 0.507. The van der Waals surface area contributed by atoms with E-state index in [0.717, 1.165) is 24.4 Å². The molecule has 2 nitrogen and oxygen atoms in total. The molecule has 0 aromatic rings. The minimum Gasteiger partial charge on any atom is -0.290 e. The van der Waals surface area contributed by atoms with E-state index in [1.165, 1.54) is 5.71 Å². The summed E-state index contributed by atoms with van der Waals surface area (Å²) in [6.45, 7) is 5.01. The SMILES string of the molecule is CC1=CC2CC/N=C(C)\C=C/C2=N1. The predicted octanol–water partition coefficient (Wildman–Crippen LogP) is 2.38. The molecule has 0 fully saturated rings. The zero-order chi connectivity index (χ0) is 9.26. The first kappa shape index (κ1) is 8.42. The standard InChI is InChI=1S/C11H14N2/c1-8-3-4-11-10(5-6-12-8)7-9(2)13-11/h3-4,7,10H,5-6H2,1-2H3/b4-3-,12-8-. The molecule has 0 amide bonds. The fourth-order valence-electron chi connectivity index (χ4n) is 1.73. The molecule has 1 unspecified atom stereocenters. The van der Waals surface area contributed by atoms with Gasteiger partial charge < -0.3 is 0 Å². The van der Waals surface area contributed by atoms with E-state index in [-0.39, 0.29) is 0 Å². The Hall–Kier alpha value is -1.18. The fraction of sp³-hybridized carbons (Fsp3) is 0.455. The quantitative estimate of drug-likeness (QED) is 0.538. The van der Waals surface area contributed by atoms with E-state index in [4.69, 9.17) is 0 Å². The fourth-order valence-corrected chi connectivity index (χ4v) is 1.73. The molecule has 0 radical (unpaired) electrons. The van der Waals surface area contributed by atoms with Crippen molar-refractivity contribution in [2.45, 2.75) is 20.3 Å². The summed E-state index contributed by atoms with van der Waals surface area (Å²) in [6, 6.07) is 0. The smallest absolute Gasteiger partial charge is 0.0477 e. The van der Waals surface area contributed by atoms with Crippen LogP contribution in [0.1, 0.15) is 20.3 Å². The molecule has 2 heteroatoms. The van der Waals surface area contributed by atoms with Crippen molar-refractivity contribution < 1.29 is 0 Å². The van der Waals surface area contributed by atoms with E-state index in [1.807, 2.05) is 6.92 Å². The largest absolute Gasteiger partial charge is 0.290 e. The number of nitrogens with zero attached hydrogens (tertiary/aromatic N) is 2. The predicted molar refractivity (Wildman–Crippen MR) is 56.4 cm³/mol. The zero-order valence-corrected chi connectivity index (χ0v) is 8.12. The monoisotopic (exact) mass is 174 g/mol. The van der Waals surface area contributed by atoms with Gasteiger partial charge in [-0.1, -0.05) is 6.08 Å². The molecular weight excluding hydrogens is 160 g/mol. The van der Waals surface area contributed by atoms with Gasteiger partial charge in [0.2, 0.25) is 0 Å². The summed E-state index contributed by atoms with van der Waals surface area (Å²) < 4.78 is 0. The van der Waals surface area contributed by atoms with Crippen LogP contribution < -0.4 is 0 Å². The first-order chi connectivity index (χ1) is 6.25. The first-order valence-electron chi connectivity index (χ1n) is 4.72. The highest BCUT2D eigenvalue weighted by molar-refractivity contribution is 6.06. The molecule has 2 rings (SSSR count). The third-order valence-electron chi connectivity index (χ3n) is 2.42. The van der Waals surface area contributed by atoms with Crippen molar-refractivity contribution in [2.24, 2.45) is 15.9 Å². The van der Waals surface area contributed by atoms with Crippen LogP contribution in [-0.2, 0) is 0 Å². The Bertz CT molecular complexity index is 326. The van der Waals surface area contributed by atoms with E-state index in [0.29, 0.717) is 5.92 Å². The van der Waals surface area contributed by atoms with Crippen LogP contribution in [0.4, 0.5) is 0 Å². The molecule has 68 valence electrons. The Labute approximate surface area is 78.8 Å². The van der Waals surface area contributed by atoms with Crippen molar-refractivity contribution in [1.82, 2.24) is 0 Å². The molecule has 0 aromatic carbocycles. The van der Waals surface area contributed by atoms with Crippen molar-refractivity contribution in [3.63, 3.8) is 0 Å². The summed E-state index contributed by atoms with van der Waals surface area (Å²) in [5.41, 5.74) is 3.45. The Morgan fingerprint density at radius 2 is 2.15 bits per heavy atom. The lowest BCUT2D eigenvalue weighted by Gasteiger charge is -2.09. The van der Waals surface area contributed by atoms with E-state index in [2.05, 4.69) is 35.1 Å². The third-order valence-corrected chi connectivity index (χ3v) is 2.42. The van der Waals surface area contributed by atoms with Crippen LogP contribution in [0.3, 0.4) is 0 Å². The summed E-state index contributed by atoms with van der Waals surface area (Å²) in [7, 11) is 0. The van der Waals surface area contributed by atoms with Crippen LogP contribution in [0.25, 0.3) is 0 Å². The van der Waals surface area contributed by atoms with Gasteiger partial charge in [-0.15, -0.1) is 0 Å². The van der Waals surface area contributed by atoms with Gasteiger partial charge in [-0.05, 0) is 32.4 Å². The van der Waals surface area contributed by atoms with Gasteiger partial charge in [-0.25, -0.2) is 0 Å². The molecule has 2 heterocycles. The van der Waals surface area contributed by atoms with E-state index in [9.17, 15) is 0 Å². The Morgan fingerprint density at radius 3 is 3.00 bits per heavy atom. The highest BCUT2D eigenvalue weighted by Crippen LogP contribution is 2.21. The first-order valence-corrected chi connectivity index (χ1v) is 4.72. The molecule has 0 saturated carbocycles. The van der Waals surface area contributed by atoms with Crippen molar-refractivity contribution in [2.75, 3.05) is 6.54 Å². The molecule has 2 aliphatic heterocycles. The average Bonchev–Trinajstić information content (AvgIpc) is 2.40. The zero-order valence-electron chi connectivity index (χ0n) is 8.12. The number of hydrogen-bond acceptors (Lipinski definition) is 2. The molecule has 0 saturated heterocycles. The minimum absolute atomic E-state index is 0.507. The number of rotatable bonds is 0. The van der Waals surface area contributed by atoms with Crippen LogP contribution >= 0.6 is 0 Å². The van der Waals surface area contributed by atoms with Crippen molar-refractivity contribution in [3.05, 3.63) is 23.9 Å². The Kier molecular flexibility index (Phi) is 2.13. The van der Waals surface area contributed by atoms with Crippen LogP contribution in [0.5, 0.6) is 0 Å². The molecule has 0 aliphatic carbocycles. The average molecular weight is 174 g/mol. The molecule has 0 bridgehead atoms. The van der Waals surface area contributed by atoms with E-state index >= 15 is 0 Å². The highest BCUT2D eigenvalue weighted by atomic mass is 14.8. The summed E-state index contributed by atoms with van der Waals surface area (Å²) in [4.78, 5) is 8.90. The Morgan fingerprint density at radius 1 is 1.31 bits per heavy atom. The van der Waals surface area contributed by atoms with Crippen LogP contribution in [0.15, 0.2) is 33.9 Å². The van der Waals surface area contributed by atoms with Gasteiger partial charge in [0, 0.05) is 29.6 Å². The van der Waals surface area contributed by atoms with Crippen molar-refractivity contribution in [1.29, 1.82) is 0 Å². The third kappa shape index (κ3) is 1.77. The molecule has 0 N–H and O–H groups in total. The number of allylic oxidation sites excluding steroid dienone is 4. The lowest BCUT2D eigenvalue weighted by Crippen LogP contribution is -2.10. The maximum absolute atomic E-state index is 4.48. The second-order valence-corrected chi connectivity index (χ2v) is 3.60. The van der Waals surface area contributed by atoms with Crippen LogP contribution in [-0.4, -0.2) is 18.0 Å². The molecule has 13 heavy (non-hydrogen) atoms. The molecule has 0 aromatic heterocycles. The summed E-state index contributed by atoms with van der Waals surface area (Å²) in [6.07, 6.45) is 7.47. The second-order valence-electron chi connectivity index (χ2n) is 3.60. The normalized spacial score (nSPS) is 33.4. The lowest BCUT2D eigenvalue weighted by atomic mass is 9.99. The maximum Gasteiger partial charge on any atom is 0.0477 e. The number of hydrogen-bond donors (Lipinski definition) is 0. The van der Waals surface area contributed by atoms with Gasteiger partial charge in [0.05, 0.1) is 0 Å². The maximum atomic E-state index is 4.48. The van der Waals surface area contributed by atoms with Gasteiger partial charge in [0.25, 0.3) is 0 Å². The Balaban J connectivity index is 2.26. The van der Waals surface area contributed by atoms with Crippen molar-refractivity contribution >= 4 is 11.4 Å². The van der Waals surface area contributed by atoms with Crippen LogP contribution in [0.2, 0.25) is 0 Å². The van der Waals surface area contributed by atoms with Gasteiger partial charge in [0.1, 0.15) is 0 Å². The molecule has 1 atom stereocenters. The van der Waals surface area contributed by atoms with Gasteiger partial charge in [-0.3, -0.25) is 9.98 Å². The number of aliphatic imine (C=N–C) groups is 2. The summed E-state index contributed by atoms with van der Waals surface area (Å²) in [5.74, 6) is 0.507. The van der Waals surface area contributed by atoms with Crippen LogP contribution in [0, 0.1) is 5.92 Å².